The Labute approximate surface area is 121 Å². The van der Waals surface area contributed by atoms with E-state index in [0.29, 0.717) is 5.56 Å². The van der Waals surface area contributed by atoms with Crippen molar-refractivity contribution < 1.29 is 9.21 Å². The number of thiazole rings is 1. The number of hydrogen-bond acceptors (Lipinski definition) is 5. The standard InChI is InChI=1S/C14H17N3O2S/c18-14(12-2-8-19-11-12)17-5-1-4-16(6-7-17)10-13-15-3-9-20-13/h2-3,8-9,11H,1,4-7,10H2. The molecule has 0 unspecified atom stereocenters. The van der Waals surface area contributed by atoms with Crippen molar-refractivity contribution in [3.8, 4) is 0 Å². The second-order valence-corrected chi connectivity index (χ2v) is 5.84. The molecular formula is C14H17N3O2S. The average Bonchev–Trinajstić information content (AvgIpc) is 3.10. The molecule has 106 valence electrons. The Morgan fingerprint density at radius 3 is 3.05 bits per heavy atom. The molecule has 2 aromatic rings. The van der Waals surface area contributed by atoms with Crippen LogP contribution in [0.2, 0.25) is 0 Å². The number of hydrogen-bond donors (Lipinski definition) is 0. The lowest BCUT2D eigenvalue weighted by Crippen LogP contribution is -2.34. The highest BCUT2D eigenvalue weighted by molar-refractivity contribution is 7.09. The van der Waals surface area contributed by atoms with E-state index >= 15 is 0 Å². The van der Waals surface area contributed by atoms with Crippen LogP contribution in [-0.2, 0) is 6.54 Å². The maximum absolute atomic E-state index is 12.3. The zero-order chi connectivity index (χ0) is 13.8. The maximum atomic E-state index is 12.3. The topological polar surface area (TPSA) is 49.6 Å². The number of carbonyl (C=O) groups is 1. The Balaban J connectivity index is 1.58. The number of rotatable bonds is 3. The van der Waals surface area contributed by atoms with Crippen molar-refractivity contribution in [2.45, 2.75) is 13.0 Å². The SMILES string of the molecule is O=C(c1ccoc1)N1CCCN(Cc2nccs2)CC1. The number of carbonyl (C=O) groups excluding carboxylic acids is 1. The minimum absolute atomic E-state index is 0.0647. The molecule has 1 fully saturated rings. The van der Waals surface area contributed by atoms with Gasteiger partial charge in [-0.15, -0.1) is 11.3 Å². The lowest BCUT2D eigenvalue weighted by molar-refractivity contribution is 0.0760. The number of nitrogens with zero attached hydrogens (tertiary/aromatic N) is 3. The average molecular weight is 291 g/mol. The van der Waals surface area contributed by atoms with Gasteiger partial charge < -0.3 is 9.32 Å². The first-order valence-corrected chi connectivity index (χ1v) is 7.63. The van der Waals surface area contributed by atoms with Crippen LogP contribution in [0.25, 0.3) is 0 Å². The van der Waals surface area contributed by atoms with Gasteiger partial charge in [0, 0.05) is 37.8 Å². The van der Waals surface area contributed by atoms with Crippen LogP contribution in [0.1, 0.15) is 21.8 Å². The highest BCUT2D eigenvalue weighted by Crippen LogP contribution is 2.13. The summed E-state index contributed by atoms with van der Waals surface area (Å²) in [7, 11) is 0. The summed E-state index contributed by atoms with van der Waals surface area (Å²) in [5.41, 5.74) is 0.637. The van der Waals surface area contributed by atoms with Gasteiger partial charge in [0.1, 0.15) is 11.3 Å². The van der Waals surface area contributed by atoms with Crippen LogP contribution in [0.4, 0.5) is 0 Å². The van der Waals surface area contributed by atoms with Gasteiger partial charge in [-0.3, -0.25) is 9.69 Å². The molecule has 0 bridgehead atoms. The van der Waals surface area contributed by atoms with Crippen molar-refractivity contribution in [3.05, 3.63) is 40.7 Å². The van der Waals surface area contributed by atoms with Crippen LogP contribution in [0.15, 0.2) is 34.6 Å². The predicted octanol–water partition coefficient (Wildman–Crippen LogP) is 2.08. The Bertz CT molecular complexity index is 539. The summed E-state index contributed by atoms with van der Waals surface area (Å²) in [5.74, 6) is 0.0647. The normalized spacial score (nSPS) is 17.1. The van der Waals surface area contributed by atoms with Gasteiger partial charge >= 0.3 is 0 Å². The van der Waals surface area contributed by atoms with E-state index < -0.39 is 0 Å². The second-order valence-electron chi connectivity index (χ2n) is 4.86. The maximum Gasteiger partial charge on any atom is 0.257 e. The van der Waals surface area contributed by atoms with Crippen LogP contribution >= 0.6 is 11.3 Å². The van der Waals surface area contributed by atoms with E-state index in [0.717, 1.165) is 44.2 Å². The van der Waals surface area contributed by atoms with Crippen LogP contribution in [0, 0.1) is 0 Å². The summed E-state index contributed by atoms with van der Waals surface area (Å²) >= 11 is 1.68. The molecule has 1 amide bonds. The fraction of sp³-hybridized carbons (Fsp3) is 0.429. The van der Waals surface area contributed by atoms with E-state index in [4.69, 9.17) is 4.42 Å². The first kappa shape index (κ1) is 13.3. The van der Waals surface area contributed by atoms with Crippen molar-refractivity contribution in [2.24, 2.45) is 0 Å². The molecule has 1 aliphatic heterocycles. The molecule has 1 aliphatic rings. The van der Waals surface area contributed by atoms with Gasteiger partial charge in [-0.25, -0.2) is 4.98 Å². The van der Waals surface area contributed by atoms with Gasteiger partial charge in [0.25, 0.3) is 5.91 Å². The molecule has 1 saturated heterocycles. The fourth-order valence-electron chi connectivity index (χ4n) is 2.42. The molecule has 0 saturated carbocycles. The Kier molecular flexibility index (Phi) is 4.13. The molecule has 3 rings (SSSR count). The third kappa shape index (κ3) is 3.08. The molecule has 3 heterocycles. The Hall–Kier alpha value is -1.66. The van der Waals surface area contributed by atoms with E-state index in [2.05, 4.69) is 9.88 Å². The van der Waals surface area contributed by atoms with Crippen molar-refractivity contribution in [1.82, 2.24) is 14.8 Å². The zero-order valence-corrected chi connectivity index (χ0v) is 12.0. The van der Waals surface area contributed by atoms with Crippen LogP contribution in [0.5, 0.6) is 0 Å². The van der Waals surface area contributed by atoms with Gasteiger partial charge in [0.2, 0.25) is 0 Å². The second kappa shape index (κ2) is 6.19. The summed E-state index contributed by atoms with van der Waals surface area (Å²) in [5, 5.41) is 3.14. The molecule has 20 heavy (non-hydrogen) atoms. The molecule has 0 aliphatic carbocycles. The summed E-state index contributed by atoms with van der Waals surface area (Å²) < 4.78 is 4.98. The minimum atomic E-state index is 0.0647. The molecule has 0 atom stereocenters. The smallest absolute Gasteiger partial charge is 0.257 e. The summed E-state index contributed by atoms with van der Waals surface area (Å²) in [6, 6.07) is 1.72. The van der Waals surface area contributed by atoms with Crippen LogP contribution in [-0.4, -0.2) is 46.9 Å². The lowest BCUT2D eigenvalue weighted by Gasteiger charge is -2.20. The number of amides is 1. The van der Waals surface area contributed by atoms with E-state index in [1.807, 2.05) is 16.5 Å². The van der Waals surface area contributed by atoms with Gasteiger partial charge in [-0.2, -0.15) is 0 Å². The Morgan fingerprint density at radius 2 is 2.30 bits per heavy atom. The minimum Gasteiger partial charge on any atom is -0.472 e. The Morgan fingerprint density at radius 1 is 1.35 bits per heavy atom. The predicted molar refractivity (Wildman–Crippen MR) is 76.6 cm³/mol. The first-order valence-electron chi connectivity index (χ1n) is 6.75. The molecule has 0 spiro atoms. The molecule has 0 N–H and O–H groups in total. The van der Waals surface area contributed by atoms with Crippen LogP contribution < -0.4 is 0 Å². The number of aromatic nitrogens is 1. The van der Waals surface area contributed by atoms with E-state index in [-0.39, 0.29) is 5.91 Å². The summed E-state index contributed by atoms with van der Waals surface area (Å²) in [4.78, 5) is 20.9. The van der Waals surface area contributed by atoms with Gasteiger partial charge in [0.15, 0.2) is 0 Å². The molecule has 2 aromatic heterocycles. The summed E-state index contributed by atoms with van der Waals surface area (Å²) in [6.45, 7) is 4.34. The summed E-state index contributed by atoms with van der Waals surface area (Å²) in [6.07, 6.45) is 5.89. The first-order chi connectivity index (χ1) is 9.83. The van der Waals surface area contributed by atoms with Crippen LogP contribution in [0.3, 0.4) is 0 Å². The van der Waals surface area contributed by atoms with E-state index in [1.54, 1.807) is 23.7 Å². The monoisotopic (exact) mass is 291 g/mol. The largest absolute Gasteiger partial charge is 0.472 e. The van der Waals surface area contributed by atoms with Gasteiger partial charge in [-0.1, -0.05) is 0 Å². The molecule has 6 heteroatoms. The van der Waals surface area contributed by atoms with Crippen molar-refractivity contribution in [3.63, 3.8) is 0 Å². The van der Waals surface area contributed by atoms with Crippen molar-refractivity contribution in [2.75, 3.05) is 26.2 Å². The van der Waals surface area contributed by atoms with E-state index in [9.17, 15) is 4.79 Å². The molecule has 5 nitrogen and oxygen atoms in total. The van der Waals surface area contributed by atoms with Crippen molar-refractivity contribution >= 4 is 17.2 Å². The third-order valence-corrected chi connectivity index (χ3v) is 4.25. The number of furan rings is 1. The fourth-order valence-corrected chi connectivity index (χ4v) is 3.08. The van der Waals surface area contributed by atoms with Gasteiger partial charge in [-0.05, 0) is 12.5 Å². The molecular weight excluding hydrogens is 274 g/mol. The highest BCUT2D eigenvalue weighted by Gasteiger charge is 2.21. The molecule has 0 aromatic carbocycles. The zero-order valence-electron chi connectivity index (χ0n) is 11.2. The third-order valence-electron chi connectivity index (χ3n) is 3.49. The van der Waals surface area contributed by atoms with E-state index in [1.165, 1.54) is 6.26 Å². The lowest BCUT2D eigenvalue weighted by atomic mass is 10.3. The van der Waals surface area contributed by atoms with Gasteiger partial charge in [0.05, 0.1) is 18.4 Å². The highest BCUT2D eigenvalue weighted by atomic mass is 32.1. The quantitative estimate of drug-likeness (QED) is 0.869. The molecule has 0 radical (unpaired) electrons. The van der Waals surface area contributed by atoms with Crippen molar-refractivity contribution in [1.29, 1.82) is 0 Å².